The summed E-state index contributed by atoms with van der Waals surface area (Å²) < 4.78 is 0. The second kappa shape index (κ2) is 3.39. The van der Waals surface area contributed by atoms with Crippen molar-refractivity contribution in [2.24, 2.45) is 0 Å². The molecule has 0 spiro atoms. The van der Waals surface area contributed by atoms with Crippen LogP contribution in [0.5, 0.6) is 0 Å². The van der Waals surface area contributed by atoms with Gasteiger partial charge in [-0.2, -0.15) is 0 Å². The van der Waals surface area contributed by atoms with Gasteiger partial charge < -0.3 is 5.11 Å². The van der Waals surface area contributed by atoms with E-state index >= 15 is 0 Å². The molecule has 1 unspecified atom stereocenters. The van der Waals surface area contributed by atoms with Gasteiger partial charge in [-0.25, -0.2) is 0 Å². The van der Waals surface area contributed by atoms with E-state index in [1.165, 1.54) is 6.08 Å². The van der Waals surface area contributed by atoms with E-state index in [4.69, 9.17) is 0 Å². The molecule has 2 heteroatoms. The molecule has 2 nitrogen and oxygen atoms in total. The molecule has 0 amide bonds. The van der Waals surface area contributed by atoms with Crippen molar-refractivity contribution in [3.63, 3.8) is 0 Å². The summed E-state index contributed by atoms with van der Waals surface area (Å²) in [5.74, 6) is -0.333. The Hall–Kier alpha value is -1.41. The minimum Gasteiger partial charge on any atom is -0.384 e. The van der Waals surface area contributed by atoms with Crippen LogP contribution in [0.2, 0.25) is 0 Å². The van der Waals surface area contributed by atoms with Crippen molar-refractivity contribution in [3.8, 4) is 0 Å². The Morgan fingerprint density at radius 2 is 1.86 bits per heavy atom. The summed E-state index contributed by atoms with van der Waals surface area (Å²) in [7, 11) is 0. The van der Waals surface area contributed by atoms with E-state index in [0.717, 1.165) is 11.1 Å². The SMILES string of the molecule is CC1=CC(=O)[C@@H](O)C1c1ccccc1. The molecule has 1 aromatic rings. The third-order valence-corrected chi connectivity index (χ3v) is 2.63. The molecule has 14 heavy (non-hydrogen) atoms. The number of hydrogen-bond donors (Lipinski definition) is 1. The van der Waals surface area contributed by atoms with E-state index in [1.54, 1.807) is 0 Å². The van der Waals surface area contributed by atoms with E-state index < -0.39 is 6.10 Å². The summed E-state index contributed by atoms with van der Waals surface area (Å²) in [4.78, 5) is 11.2. The Kier molecular flexibility index (Phi) is 2.22. The van der Waals surface area contributed by atoms with Gasteiger partial charge in [-0.15, -0.1) is 0 Å². The fraction of sp³-hybridized carbons (Fsp3) is 0.250. The number of carbonyl (C=O) groups excluding carboxylic acids is 1. The topological polar surface area (TPSA) is 37.3 Å². The van der Waals surface area contributed by atoms with Gasteiger partial charge in [0.2, 0.25) is 0 Å². The lowest BCUT2D eigenvalue weighted by atomic mass is 9.91. The first kappa shape index (κ1) is 9.16. The third kappa shape index (κ3) is 1.38. The molecule has 0 aliphatic heterocycles. The van der Waals surface area contributed by atoms with Crippen molar-refractivity contribution in [1.29, 1.82) is 0 Å². The molecule has 0 bridgehead atoms. The number of hydrogen-bond acceptors (Lipinski definition) is 2. The first-order valence-corrected chi connectivity index (χ1v) is 4.65. The Morgan fingerprint density at radius 1 is 1.21 bits per heavy atom. The smallest absolute Gasteiger partial charge is 0.185 e. The lowest BCUT2D eigenvalue weighted by molar-refractivity contribution is -0.121. The van der Waals surface area contributed by atoms with Crippen LogP contribution in [-0.2, 0) is 4.79 Å². The maximum Gasteiger partial charge on any atom is 0.185 e. The third-order valence-electron chi connectivity index (χ3n) is 2.63. The summed E-state index contributed by atoms with van der Waals surface area (Å²) in [5, 5.41) is 9.68. The fourth-order valence-electron chi connectivity index (χ4n) is 1.92. The molecule has 2 atom stereocenters. The number of benzene rings is 1. The quantitative estimate of drug-likeness (QED) is 0.727. The average molecular weight is 188 g/mol. The zero-order chi connectivity index (χ0) is 10.1. The van der Waals surface area contributed by atoms with E-state index in [-0.39, 0.29) is 11.7 Å². The molecule has 0 radical (unpaired) electrons. The summed E-state index contributed by atoms with van der Waals surface area (Å²) in [6.07, 6.45) is 0.639. The predicted molar refractivity (Wildman–Crippen MR) is 54.0 cm³/mol. The first-order valence-electron chi connectivity index (χ1n) is 4.65. The molecular formula is C12H12O2. The molecule has 1 aliphatic carbocycles. The minimum absolute atomic E-state index is 0.149. The molecule has 72 valence electrons. The molecule has 1 N–H and O–H groups in total. The summed E-state index contributed by atoms with van der Waals surface area (Å²) in [6.45, 7) is 1.88. The van der Waals surface area contributed by atoms with Gasteiger partial charge >= 0.3 is 0 Å². The van der Waals surface area contributed by atoms with E-state index in [0.29, 0.717) is 0 Å². The highest BCUT2D eigenvalue weighted by atomic mass is 16.3. The maximum atomic E-state index is 11.2. The second-order valence-corrected chi connectivity index (χ2v) is 3.62. The number of ketones is 1. The van der Waals surface area contributed by atoms with Crippen molar-refractivity contribution in [2.45, 2.75) is 18.9 Å². The minimum atomic E-state index is -0.891. The van der Waals surface area contributed by atoms with Crippen molar-refractivity contribution in [2.75, 3.05) is 0 Å². The van der Waals surface area contributed by atoms with E-state index in [2.05, 4.69) is 0 Å². The van der Waals surface area contributed by atoms with Crippen LogP contribution in [0.15, 0.2) is 42.0 Å². The Balaban J connectivity index is 2.37. The first-order chi connectivity index (χ1) is 6.70. The highest BCUT2D eigenvalue weighted by molar-refractivity contribution is 5.98. The van der Waals surface area contributed by atoms with Crippen LogP contribution in [0.3, 0.4) is 0 Å². The van der Waals surface area contributed by atoms with Crippen molar-refractivity contribution in [3.05, 3.63) is 47.5 Å². The zero-order valence-corrected chi connectivity index (χ0v) is 7.97. The van der Waals surface area contributed by atoms with Crippen LogP contribution in [-0.4, -0.2) is 17.0 Å². The molecular weight excluding hydrogens is 176 g/mol. The molecule has 1 aliphatic rings. The van der Waals surface area contributed by atoms with Gasteiger partial charge in [0.25, 0.3) is 0 Å². The van der Waals surface area contributed by atoms with Crippen molar-refractivity contribution < 1.29 is 9.90 Å². The summed E-state index contributed by atoms with van der Waals surface area (Å²) >= 11 is 0. The Bertz CT molecular complexity index is 379. The normalized spacial score (nSPS) is 26.4. The van der Waals surface area contributed by atoms with Gasteiger partial charge in [-0.05, 0) is 18.6 Å². The van der Waals surface area contributed by atoms with Crippen LogP contribution in [0.4, 0.5) is 0 Å². The van der Waals surface area contributed by atoms with E-state index in [9.17, 15) is 9.90 Å². The highest BCUT2D eigenvalue weighted by Gasteiger charge is 2.33. The molecule has 0 saturated carbocycles. The Labute approximate surface area is 82.9 Å². The van der Waals surface area contributed by atoms with Gasteiger partial charge in [0.1, 0.15) is 6.10 Å². The number of aliphatic hydroxyl groups excluding tert-OH is 1. The lowest BCUT2D eigenvalue weighted by Gasteiger charge is -2.15. The molecule has 0 fully saturated rings. The number of aliphatic hydroxyl groups is 1. The fourth-order valence-corrected chi connectivity index (χ4v) is 1.92. The van der Waals surface area contributed by atoms with Gasteiger partial charge in [0, 0.05) is 5.92 Å². The summed E-state index contributed by atoms with van der Waals surface area (Å²) in [6, 6.07) is 9.62. The van der Waals surface area contributed by atoms with Crippen molar-refractivity contribution in [1.82, 2.24) is 0 Å². The predicted octanol–water partition coefficient (Wildman–Crippen LogP) is 1.66. The lowest BCUT2D eigenvalue weighted by Crippen LogP contribution is -2.21. The van der Waals surface area contributed by atoms with Crippen LogP contribution < -0.4 is 0 Å². The zero-order valence-electron chi connectivity index (χ0n) is 7.97. The molecule has 2 rings (SSSR count). The molecule has 0 aromatic heterocycles. The molecule has 1 aromatic carbocycles. The summed E-state index contributed by atoms with van der Waals surface area (Å²) in [5.41, 5.74) is 1.94. The second-order valence-electron chi connectivity index (χ2n) is 3.62. The van der Waals surface area contributed by atoms with Gasteiger partial charge in [0.05, 0.1) is 0 Å². The van der Waals surface area contributed by atoms with Crippen LogP contribution >= 0.6 is 0 Å². The van der Waals surface area contributed by atoms with Gasteiger partial charge in [-0.3, -0.25) is 4.79 Å². The van der Waals surface area contributed by atoms with Gasteiger partial charge in [-0.1, -0.05) is 35.9 Å². The largest absolute Gasteiger partial charge is 0.384 e. The number of carbonyl (C=O) groups is 1. The van der Waals surface area contributed by atoms with Crippen LogP contribution in [0.1, 0.15) is 18.4 Å². The van der Waals surface area contributed by atoms with Crippen LogP contribution in [0, 0.1) is 0 Å². The Morgan fingerprint density at radius 3 is 2.36 bits per heavy atom. The number of rotatable bonds is 1. The van der Waals surface area contributed by atoms with E-state index in [1.807, 2.05) is 37.3 Å². The molecule has 0 saturated heterocycles. The monoisotopic (exact) mass is 188 g/mol. The molecule has 0 heterocycles. The standard InChI is InChI=1S/C12H12O2/c1-8-7-10(13)12(14)11(8)9-5-3-2-4-6-9/h2-7,11-12,14H,1H3/t11?,12-/m1/s1. The maximum absolute atomic E-state index is 11.2. The average Bonchev–Trinajstić information content (AvgIpc) is 2.43. The highest BCUT2D eigenvalue weighted by Crippen LogP contribution is 2.32. The van der Waals surface area contributed by atoms with Gasteiger partial charge in [0.15, 0.2) is 5.78 Å². The van der Waals surface area contributed by atoms with Crippen LogP contribution in [0.25, 0.3) is 0 Å². The van der Waals surface area contributed by atoms with Crippen molar-refractivity contribution >= 4 is 5.78 Å².